The lowest BCUT2D eigenvalue weighted by Crippen LogP contribution is -2.41. The van der Waals surface area contributed by atoms with E-state index in [-0.39, 0.29) is 29.5 Å². The van der Waals surface area contributed by atoms with Gasteiger partial charge in [0.05, 0.1) is 12.0 Å². The van der Waals surface area contributed by atoms with Crippen molar-refractivity contribution < 1.29 is 30.0 Å². The topological polar surface area (TPSA) is 107 Å². The third kappa shape index (κ3) is 2.26. The molecule has 0 saturated heterocycles. The Kier molecular flexibility index (Phi) is 3.49. The molecule has 0 bridgehead atoms. The highest BCUT2D eigenvalue weighted by Gasteiger charge is 2.67. The molecule has 1 fully saturated rings. The zero-order valence-corrected chi connectivity index (χ0v) is 11.3. The summed E-state index contributed by atoms with van der Waals surface area (Å²) >= 11 is 0. The molecule has 2 rings (SSSR count). The summed E-state index contributed by atoms with van der Waals surface area (Å²) < 4.78 is 4.99. The Morgan fingerprint density at radius 2 is 2.05 bits per heavy atom. The number of ketones is 1. The first kappa shape index (κ1) is 14.8. The normalized spacial score (nSPS) is 25.5. The SMILES string of the molecule is COCC1(C(C)(O)O)CC1C(=O)c1ccc(O)c(O)c1. The van der Waals surface area contributed by atoms with Gasteiger partial charge in [0.15, 0.2) is 23.1 Å². The molecule has 6 nitrogen and oxygen atoms in total. The number of carbonyl (C=O) groups excluding carboxylic acids is 1. The number of methoxy groups -OCH3 is 1. The molecule has 0 radical (unpaired) electrons. The second-order valence-electron chi connectivity index (χ2n) is 5.43. The number of rotatable bonds is 5. The highest BCUT2D eigenvalue weighted by Crippen LogP contribution is 2.60. The van der Waals surface area contributed by atoms with Crippen LogP contribution in [0.3, 0.4) is 0 Å². The number of hydrogen-bond donors (Lipinski definition) is 4. The van der Waals surface area contributed by atoms with Gasteiger partial charge in [-0.1, -0.05) is 0 Å². The minimum atomic E-state index is -2.03. The number of ether oxygens (including phenoxy) is 1. The average Bonchev–Trinajstić information content (AvgIpc) is 3.08. The number of hydrogen-bond acceptors (Lipinski definition) is 6. The van der Waals surface area contributed by atoms with Gasteiger partial charge < -0.3 is 25.2 Å². The molecule has 0 aliphatic heterocycles. The molecule has 1 saturated carbocycles. The van der Waals surface area contributed by atoms with Crippen LogP contribution >= 0.6 is 0 Å². The molecular formula is C14H18O6. The van der Waals surface area contributed by atoms with Crippen LogP contribution in [0.2, 0.25) is 0 Å². The highest BCUT2D eigenvalue weighted by atomic mass is 16.5. The molecule has 4 N–H and O–H groups in total. The van der Waals surface area contributed by atoms with Crippen molar-refractivity contribution >= 4 is 5.78 Å². The van der Waals surface area contributed by atoms with Crippen LogP contribution in [0, 0.1) is 11.3 Å². The fraction of sp³-hybridized carbons (Fsp3) is 0.500. The van der Waals surface area contributed by atoms with E-state index in [1.807, 2.05) is 0 Å². The Morgan fingerprint density at radius 3 is 2.55 bits per heavy atom. The third-order valence-corrected chi connectivity index (χ3v) is 4.00. The molecular weight excluding hydrogens is 264 g/mol. The van der Waals surface area contributed by atoms with Crippen molar-refractivity contribution in [3.8, 4) is 11.5 Å². The number of Topliss-reactive ketones (excluding diaryl/α,β-unsaturated/α-hetero) is 1. The Labute approximate surface area is 116 Å². The number of benzene rings is 1. The standard InChI is InChI=1S/C14H18O6/c1-13(18,19)14(7-20-2)6-9(14)12(17)8-3-4-10(15)11(16)5-8/h3-5,9,15-16,18-19H,6-7H2,1-2H3. The van der Waals surface area contributed by atoms with Gasteiger partial charge >= 0.3 is 0 Å². The Morgan fingerprint density at radius 1 is 1.40 bits per heavy atom. The minimum Gasteiger partial charge on any atom is -0.504 e. The predicted octanol–water partition coefficient (Wildman–Crippen LogP) is 0.634. The lowest BCUT2D eigenvalue weighted by Gasteiger charge is -2.28. The van der Waals surface area contributed by atoms with Crippen molar-refractivity contribution in [3.63, 3.8) is 0 Å². The number of aliphatic hydroxyl groups is 2. The molecule has 2 unspecified atom stereocenters. The van der Waals surface area contributed by atoms with Crippen molar-refractivity contribution in [2.75, 3.05) is 13.7 Å². The van der Waals surface area contributed by atoms with E-state index >= 15 is 0 Å². The van der Waals surface area contributed by atoms with Gasteiger partial charge in [0.25, 0.3) is 0 Å². The minimum absolute atomic E-state index is 0.0526. The quantitative estimate of drug-likeness (QED) is 0.358. The van der Waals surface area contributed by atoms with Crippen LogP contribution in [-0.2, 0) is 4.74 Å². The molecule has 6 heteroatoms. The van der Waals surface area contributed by atoms with Crippen molar-refractivity contribution in [1.29, 1.82) is 0 Å². The van der Waals surface area contributed by atoms with Crippen LogP contribution in [-0.4, -0.2) is 45.7 Å². The number of phenolic OH excluding ortho intramolecular Hbond substituents is 2. The summed E-state index contributed by atoms with van der Waals surface area (Å²) in [6.07, 6.45) is 0.296. The highest BCUT2D eigenvalue weighted by molar-refractivity contribution is 6.00. The second-order valence-corrected chi connectivity index (χ2v) is 5.43. The maximum absolute atomic E-state index is 12.3. The number of aromatic hydroxyl groups is 2. The van der Waals surface area contributed by atoms with Crippen molar-refractivity contribution in [1.82, 2.24) is 0 Å². The first-order chi connectivity index (χ1) is 9.23. The van der Waals surface area contributed by atoms with E-state index in [2.05, 4.69) is 0 Å². The van der Waals surface area contributed by atoms with Crippen LogP contribution < -0.4 is 0 Å². The summed E-state index contributed by atoms with van der Waals surface area (Å²) in [6, 6.07) is 3.78. The van der Waals surface area contributed by atoms with Gasteiger partial charge in [0.2, 0.25) is 0 Å². The first-order valence-electron chi connectivity index (χ1n) is 6.23. The zero-order chi connectivity index (χ0) is 15.1. The van der Waals surface area contributed by atoms with Gasteiger partial charge in [0, 0.05) is 18.6 Å². The van der Waals surface area contributed by atoms with E-state index < -0.39 is 17.1 Å². The fourth-order valence-corrected chi connectivity index (χ4v) is 2.60. The van der Waals surface area contributed by atoms with E-state index in [0.717, 1.165) is 0 Å². The zero-order valence-electron chi connectivity index (χ0n) is 11.3. The van der Waals surface area contributed by atoms with Gasteiger partial charge in [-0.2, -0.15) is 0 Å². The van der Waals surface area contributed by atoms with E-state index in [0.29, 0.717) is 6.42 Å². The summed E-state index contributed by atoms with van der Waals surface area (Å²) in [6.45, 7) is 1.28. The van der Waals surface area contributed by atoms with E-state index in [9.17, 15) is 25.2 Å². The summed E-state index contributed by atoms with van der Waals surface area (Å²) in [7, 11) is 1.43. The molecule has 0 heterocycles. The van der Waals surface area contributed by atoms with E-state index in [4.69, 9.17) is 4.74 Å². The lowest BCUT2D eigenvalue weighted by atomic mass is 9.91. The van der Waals surface area contributed by atoms with Gasteiger partial charge in [-0.3, -0.25) is 4.79 Å². The van der Waals surface area contributed by atoms with Gasteiger partial charge in [-0.15, -0.1) is 0 Å². The van der Waals surface area contributed by atoms with Crippen molar-refractivity contribution in [3.05, 3.63) is 23.8 Å². The molecule has 0 aromatic heterocycles. The molecule has 1 aliphatic carbocycles. The molecule has 2 atom stereocenters. The van der Waals surface area contributed by atoms with Crippen LogP contribution in [0.25, 0.3) is 0 Å². The maximum Gasteiger partial charge on any atom is 0.168 e. The average molecular weight is 282 g/mol. The summed E-state index contributed by atoms with van der Waals surface area (Å²) in [5.41, 5.74) is -0.820. The lowest BCUT2D eigenvalue weighted by molar-refractivity contribution is -0.210. The second kappa shape index (κ2) is 4.73. The van der Waals surface area contributed by atoms with Crippen molar-refractivity contribution in [2.45, 2.75) is 19.1 Å². The molecule has 20 heavy (non-hydrogen) atoms. The van der Waals surface area contributed by atoms with Gasteiger partial charge in [0.1, 0.15) is 0 Å². The smallest absolute Gasteiger partial charge is 0.168 e. The van der Waals surface area contributed by atoms with Crippen LogP contribution in [0.1, 0.15) is 23.7 Å². The maximum atomic E-state index is 12.3. The summed E-state index contributed by atoms with van der Waals surface area (Å²) in [4.78, 5) is 12.3. The molecule has 1 aromatic carbocycles. The van der Waals surface area contributed by atoms with Crippen LogP contribution in [0.4, 0.5) is 0 Å². The van der Waals surface area contributed by atoms with Gasteiger partial charge in [-0.05, 0) is 31.5 Å². The third-order valence-electron chi connectivity index (χ3n) is 4.00. The molecule has 110 valence electrons. The largest absolute Gasteiger partial charge is 0.504 e. The van der Waals surface area contributed by atoms with Crippen molar-refractivity contribution in [2.24, 2.45) is 11.3 Å². The molecule has 1 aliphatic rings. The monoisotopic (exact) mass is 282 g/mol. The molecule has 1 aromatic rings. The first-order valence-corrected chi connectivity index (χ1v) is 6.23. The molecule has 0 spiro atoms. The van der Waals surface area contributed by atoms with Crippen LogP contribution in [0.15, 0.2) is 18.2 Å². The fourth-order valence-electron chi connectivity index (χ4n) is 2.60. The van der Waals surface area contributed by atoms with Gasteiger partial charge in [-0.25, -0.2) is 0 Å². The summed E-state index contributed by atoms with van der Waals surface area (Å²) in [5.74, 6) is -3.63. The number of phenols is 2. The summed E-state index contributed by atoms with van der Waals surface area (Å²) in [5, 5.41) is 38.3. The Bertz CT molecular complexity index is 533. The van der Waals surface area contributed by atoms with Crippen LogP contribution in [0.5, 0.6) is 11.5 Å². The molecule has 0 amide bonds. The Balaban J connectivity index is 2.25. The van der Waals surface area contributed by atoms with E-state index in [1.54, 1.807) is 0 Å². The van der Waals surface area contributed by atoms with E-state index in [1.165, 1.54) is 32.2 Å². The predicted molar refractivity (Wildman–Crippen MR) is 69.4 cm³/mol. The Hall–Kier alpha value is -1.63. The number of carbonyl (C=O) groups is 1.